The molecule has 1 aromatic heterocycles. The number of para-hydroxylation sites is 1. The molecule has 3 amide bonds. The van der Waals surface area contributed by atoms with Gasteiger partial charge in [0.2, 0.25) is 12.3 Å². The van der Waals surface area contributed by atoms with Gasteiger partial charge in [0.25, 0.3) is 5.91 Å². The summed E-state index contributed by atoms with van der Waals surface area (Å²) in [6.07, 6.45) is 5.51. The molecule has 3 N–H and O–H groups in total. The van der Waals surface area contributed by atoms with Crippen molar-refractivity contribution in [2.45, 2.75) is 44.1 Å². The van der Waals surface area contributed by atoms with Crippen molar-refractivity contribution in [1.29, 1.82) is 0 Å². The Morgan fingerprint density at radius 2 is 2.00 bits per heavy atom. The maximum Gasteiger partial charge on any atom is 0.268 e. The molecule has 2 heterocycles. The molecule has 1 aliphatic carbocycles. The average Bonchev–Trinajstić information content (AvgIpc) is 3.53. The molecule has 8 heteroatoms. The van der Waals surface area contributed by atoms with Crippen LogP contribution in [0.1, 0.15) is 54.1 Å². The SMILES string of the molecule is COc1cccc2[nH]c(C(=O)NC(CC3CCC3)C(=O)N3CCC(c4ccccc4NC=O)C3)cc12. The molecule has 0 radical (unpaired) electrons. The minimum atomic E-state index is -0.571. The summed E-state index contributed by atoms with van der Waals surface area (Å²) in [6, 6.07) is 14.5. The van der Waals surface area contributed by atoms with Gasteiger partial charge in [0, 0.05) is 35.6 Å². The maximum atomic E-state index is 13.7. The third kappa shape index (κ3) is 4.80. The molecule has 1 aliphatic heterocycles. The van der Waals surface area contributed by atoms with Crippen LogP contribution >= 0.6 is 0 Å². The number of rotatable bonds is 9. The first-order chi connectivity index (χ1) is 17.6. The minimum Gasteiger partial charge on any atom is -0.496 e. The first-order valence-corrected chi connectivity index (χ1v) is 12.6. The molecule has 0 bridgehead atoms. The molecular weight excluding hydrogens is 456 g/mol. The van der Waals surface area contributed by atoms with E-state index in [1.807, 2.05) is 47.4 Å². The summed E-state index contributed by atoms with van der Waals surface area (Å²) in [6.45, 7) is 1.19. The van der Waals surface area contributed by atoms with Crippen molar-refractivity contribution in [3.63, 3.8) is 0 Å². The molecule has 1 saturated heterocycles. The number of benzene rings is 2. The fourth-order valence-corrected chi connectivity index (χ4v) is 5.43. The first kappa shape index (κ1) is 23.9. The molecule has 36 heavy (non-hydrogen) atoms. The van der Waals surface area contributed by atoms with Crippen LogP contribution in [0.3, 0.4) is 0 Å². The lowest BCUT2D eigenvalue weighted by Crippen LogP contribution is -2.49. The molecule has 188 valence electrons. The Balaban J connectivity index is 1.32. The number of aromatic nitrogens is 1. The highest BCUT2D eigenvalue weighted by Crippen LogP contribution is 2.34. The van der Waals surface area contributed by atoms with E-state index in [2.05, 4.69) is 15.6 Å². The Labute approximate surface area is 210 Å². The number of carbonyl (C=O) groups is 3. The van der Waals surface area contributed by atoms with E-state index in [0.717, 1.165) is 41.4 Å². The number of likely N-dealkylation sites (tertiary alicyclic amines) is 1. The highest BCUT2D eigenvalue weighted by atomic mass is 16.5. The minimum absolute atomic E-state index is 0.0349. The summed E-state index contributed by atoms with van der Waals surface area (Å²) < 4.78 is 5.42. The topological polar surface area (TPSA) is 104 Å². The first-order valence-electron chi connectivity index (χ1n) is 12.6. The Hall–Kier alpha value is -3.81. The van der Waals surface area contributed by atoms with Crippen molar-refractivity contribution in [1.82, 2.24) is 15.2 Å². The molecule has 2 aliphatic rings. The van der Waals surface area contributed by atoms with Gasteiger partial charge in [-0.3, -0.25) is 14.4 Å². The van der Waals surface area contributed by atoms with Crippen LogP contribution in [-0.4, -0.2) is 54.3 Å². The number of carbonyl (C=O) groups excluding carboxylic acids is 3. The quantitative estimate of drug-likeness (QED) is 0.395. The predicted molar refractivity (Wildman–Crippen MR) is 138 cm³/mol. The zero-order chi connectivity index (χ0) is 25.1. The van der Waals surface area contributed by atoms with Gasteiger partial charge in [-0.1, -0.05) is 43.5 Å². The molecule has 2 unspecified atom stereocenters. The number of ether oxygens (including phenoxy) is 1. The van der Waals surface area contributed by atoms with E-state index in [9.17, 15) is 14.4 Å². The van der Waals surface area contributed by atoms with Crippen LogP contribution < -0.4 is 15.4 Å². The molecule has 2 fully saturated rings. The summed E-state index contributed by atoms with van der Waals surface area (Å²) >= 11 is 0. The van der Waals surface area contributed by atoms with Gasteiger partial charge < -0.3 is 25.3 Å². The lowest BCUT2D eigenvalue weighted by molar-refractivity contribution is -0.132. The Morgan fingerprint density at radius 1 is 1.17 bits per heavy atom. The van der Waals surface area contributed by atoms with Gasteiger partial charge in [-0.15, -0.1) is 0 Å². The highest BCUT2D eigenvalue weighted by Gasteiger charge is 2.35. The van der Waals surface area contributed by atoms with Crippen LogP contribution in [0, 0.1) is 5.92 Å². The van der Waals surface area contributed by atoms with Gasteiger partial charge in [0.1, 0.15) is 17.5 Å². The van der Waals surface area contributed by atoms with E-state index in [1.54, 1.807) is 13.2 Å². The van der Waals surface area contributed by atoms with E-state index in [1.165, 1.54) is 6.42 Å². The van der Waals surface area contributed by atoms with Crippen LogP contribution in [0.4, 0.5) is 5.69 Å². The lowest BCUT2D eigenvalue weighted by atomic mass is 9.80. The Kier molecular flexibility index (Phi) is 6.93. The molecule has 3 aromatic rings. The van der Waals surface area contributed by atoms with E-state index in [-0.39, 0.29) is 17.7 Å². The van der Waals surface area contributed by atoms with Crippen molar-refractivity contribution < 1.29 is 19.1 Å². The molecule has 5 rings (SSSR count). The van der Waals surface area contributed by atoms with E-state index in [4.69, 9.17) is 4.74 Å². The average molecular weight is 489 g/mol. The van der Waals surface area contributed by atoms with Gasteiger partial charge in [-0.25, -0.2) is 0 Å². The molecule has 0 spiro atoms. The van der Waals surface area contributed by atoms with Gasteiger partial charge in [-0.2, -0.15) is 0 Å². The highest BCUT2D eigenvalue weighted by molar-refractivity contribution is 6.01. The number of nitrogens with zero attached hydrogens (tertiary/aromatic N) is 1. The number of aromatic amines is 1. The zero-order valence-corrected chi connectivity index (χ0v) is 20.5. The van der Waals surface area contributed by atoms with Crippen molar-refractivity contribution >= 4 is 34.8 Å². The molecule has 1 saturated carbocycles. The van der Waals surface area contributed by atoms with Gasteiger partial charge in [0.05, 0.1) is 7.11 Å². The third-order valence-corrected chi connectivity index (χ3v) is 7.60. The lowest BCUT2D eigenvalue weighted by Gasteiger charge is -2.31. The van der Waals surface area contributed by atoms with Gasteiger partial charge in [-0.05, 0) is 48.6 Å². The molecule has 2 aromatic carbocycles. The van der Waals surface area contributed by atoms with E-state index >= 15 is 0 Å². The van der Waals surface area contributed by atoms with E-state index < -0.39 is 6.04 Å². The summed E-state index contributed by atoms with van der Waals surface area (Å²) in [5.41, 5.74) is 3.03. The number of H-pyrrole nitrogens is 1. The Bertz CT molecular complexity index is 1270. The smallest absolute Gasteiger partial charge is 0.268 e. The van der Waals surface area contributed by atoms with Crippen molar-refractivity contribution in [2.75, 3.05) is 25.5 Å². The van der Waals surface area contributed by atoms with Crippen LogP contribution in [0.25, 0.3) is 10.9 Å². The van der Waals surface area contributed by atoms with Crippen LogP contribution in [0.5, 0.6) is 5.75 Å². The summed E-state index contributed by atoms with van der Waals surface area (Å²) in [5, 5.41) is 6.63. The summed E-state index contributed by atoms with van der Waals surface area (Å²) in [4.78, 5) is 42.9. The molecule has 8 nitrogen and oxygen atoms in total. The van der Waals surface area contributed by atoms with Crippen molar-refractivity contribution in [3.05, 3.63) is 59.8 Å². The summed E-state index contributed by atoms with van der Waals surface area (Å²) in [5.74, 6) is 0.962. The number of anilines is 1. The normalized spacial score (nSPS) is 18.5. The van der Waals surface area contributed by atoms with Crippen LogP contribution in [0.15, 0.2) is 48.5 Å². The monoisotopic (exact) mass is 488 g/mol. The third-order valence-electron chi connectivity index (χ3n) is 7.60. The fraction of sp³-hybridized carbons (Fsp3) is 0.393. The van der Waals surface area contributed by atoms with Crippen molar-refractivity contribution in [3.8, 4) is 5.75 Å². The van der Waals surface area contributed by atoms with Crippen LogP contribution in [0.2, 0.25) is 0 Å². The fourth-order valence-electron chi connectivity index (χ4n) is 5.43. The molecule has 2 atom stereocenters. The molecular formula is C28H32N4O4. The second-order valence-corrected chi connectivity index (χ2v) is 9.78. The standard InChI is InChI=1S/C28H32N4O4/c1-36-26-11-5-10-23-21(26)15-24(30-23)27(34)31-25(14-18-6-4-7-18)28(35)32-13-12-19(16-32)20-8-2-3-9-22(20)29-17-33/h2-3,5,8-11,15,17-19,25,30H,4,6-7,12-14,16H2,1H3,(H,29,33)(H,31,34). The number of nitrogens with one attached hydrogen (secondary N) is 3. The van der Waals surface area contributed by atoms with E-state index in [0.29, 0.717) is 43.3 Å². The second kappa shape index (κ2) is 10.4. The predicted octanol–water partition coefficient (Wildman–Crippen LogP) is 4.05. The van der Waals surface area contributed by atoms with Gasteiger partial charge in [0.15, 0.2) is 0 Å². The number of fused-ring (bicyclic) bond motifs is 1. The van der Waals surface area contributed by atoms with Crippen molar-refractivity contribution in [2.24, 2.45) is 5.92 Å². The number of hydrogen-bond donors (Lipinski definition) is 3. The Morgan fingerprint density at radius 3 is 2.75 bits per heavy atom. The number of hydrogen-bond acceptors (Lipinski definition) is 4. The van der Waals surface area contributed by atoms with Crippen LogP contribution in [-0.2, 0) is 9.59 Å². The maximum absolute atomic E-state index is 13.7. The summed E-state index contributed by atoms with van der Waals surface area (Å²) in [7, 11) is 1.60. The second-order valence-electron chi connectivity index (χ2n) is 9.78. The largest absolute Gasteiger partial charge is 0.496 e. The number of amides is 3. The van der Waals surface area contributed by atoms with Gasteiger partial charge >= 0.3 is 0 Å². The number of methoxy groups -OCH3 is 1. The zero-order valence-electron chi connectivity index (χ0n) is 20.5.